The Balaban J connectivity index is 1.92. The summed E-state index contributed by atoms with van der Waals surface area (Å²) >= 11 is 0. The van der Waals surface area contributed by atoms with E-state index in [0.717, 1.165) is 25.7 Å². The van der Waals surface area contributed by atoms with Crippen LogP contribution in [0.25, 0.3) is 0 Å². The molecule has 1 aliphatic heterocycles. The first-order valence-electron chi connectivity index (χ1n) is 10.9. The molecule has 0 fully saturated rings. The maximum absolute atomic E-state index is 13.5. The molecule has 0 spiro atoms. The van der Waals surface area contributed by atoms with Gasteiger partial charge in [0.2, 0.25) is 0 Å². The van der Waals surface area contributed by atoms with E-state index in [2.05, 4.69) is 17.2 Å². The fourth-order valence-corrected chi connectivity index (χ4v) is 3.99. The van der Waals surface area contributed by atoms with Gasteiger partial charge in [0, 0.05) is 0 Å². The minimum atomic E-state index is -1.96. The fourth-order valence-electron chi connectivity index (χ4n) is 3.99. The van der Waals surface area contributed by atoms with Crippen molar-refractivity contribution in [2.75, 3.05) is 13.1 Å². The minimum absolute atomic E-state index is 0.0928. The third-order valence-corrected chi connectivity index (χ3v) is 5.74. The first-order valence-corrected chi connectivity index (χ1v) is 10.9. The second-order valence-corrected chi connectivity index (χ2v) is 8.02. The number of guanidine groups is 1. The third-order valence-electron chi connectivity index (χ3n) is 5.74. The van der Waals surface area contributed by atoms with Crippen LogP contribution in [0.1, 0.15) is 43.7 Å². The van der Waals surface area contributed by atoms with Gasteiger partial charge in [-0.1, -0.05) is 80.4 Å². The number of carboxylic acids is 1. The Morgan fingerprint density at radius 1 is 0.969 bits per heavy atom. The Morgan fingerprint density at radius 3 is 2.09 bits per heavy atom. The molecule has 2 aromatic carbocycles. The number of unbranched alkanes of at least 4 members (excludes halogenated alkanes) is 3. The molecule has 32 heavy (non-hydrogen) atoms. The number of nitrogens with zero attached hydrogens (tertiary/aromatic N) is 2. The largest absolute Gasteiger partial charge is 0.477 e. The van der Waals surface area contributed by atoms with Crippen molar-refractivity contribution >= 4 is 17.8 Å². The van der Waals surface area contributed by atoms with Crippen LogP contribution in [-0.2, 0) is 15.2 Å². The van der Waals surface area contributed by atoms with Gasteiger partial charge in [0.05, 0.1) is 12.7 Å². The zero-order valence-corrected chi connectivity index (χ0v) is 18.3. The number of benzene rings is 2. The van der Waals surface area contributed by atoms with Crippen LogP contribution in [0, 0.1) is 0 Å². The van der Waals surface area contributed by atoms with Crippen LogP contribution in [0.3, 0.4) is 0 Å². The van der Waals surface area contributed by atoms with Gasteiger partial charge in [-0.3, -0.25) is 10.1 Å². The lowest BCUT2D eigenvalue weighted by Crippen LogP contribution is -2.59. The Hall–Kier alpha value is -3.29. The Labute approximate surface area is 188 Å². The number of aliphatic hydroxyl groups is 1. The highest BCUT2D eigenvalue weighted by Gasteiger charge is 2.45. The number of hydrogen-bond acceptors (Lipinski definition) is 4. The second-order valence-electron chi connectivity index (χ2n) is 8.02. The molecular weight excluding hydrogens is 406 g/mol. The molecule has 3 rings (SSSR count). The van der Waals surface area contributed by atoms with E-state index < -0.39 is 17.5 Å². The third kappa shape index (κ3) is 4.95. The quantitative estimate of drug-likeness (QED) is 0.393. The van der Waals surface area contributed by atoms with Gasteiger partial charge in [-0.25, -0.2) is 9.28 Å². The van der Waals surface area contributed by atoms with Crippen molar-refractivity contribution in [2.45, 2.75) is 38.2 Å². The molecule has 7 nitrogen and oxygen atoms in total. The van der Waals surface area contributed by atoms with E-state index in [1.54, 1.807) is 54.7 Å². The van der Waals surface area contributed by atoms with E-state index in [0.29, 0.717) is 17.7 Å². The predicted molar refractivity (Wildman–Crippen MR) is 122 cm³/mol. The first kappa shape index (κ1) is 23.4. The molecule has 1 aliphatic rings. The van der Waals surface area contributed by atoms with E-state index in [9.17, 15) is 19.8 Å². The van der Waals surface area contributed by atoms with Crippen molar-refractivity contribution in [1.82, 2.24) is 5.32 Å². The molecule has 1 heterocycles. The van der Waals surface area contributed by atoms with Crippen LogP contribution >= 0.6 is 0 Å². The van der Waals surface area contributed by atoms with Gasteiger partial charge in [0.25, 0.3) is 5.91 Å². The molecule has 2 aromatic rings. The summed E-state index contributed by atoms with van der Waals surface area (Å²) in [6, 6.07) is 17.4. The molecule has 0 aliphatic carbocycles. The lowest BCUT2D eigenvalue weighted by atomic mass is 9.85. The number of carboxylic acid groups (broad SMARTS) is 1. The van der Waals surface area contributed by atoms with Crippen molar-refractivity contribution in [3.05, 3.63) is 84.2 Å². The van der Waals surface area contributed by atoms with Gasteiger partial charge in [0.1, 0.15) is 6.20 Å². The summed E-state index contributed by atoms with van der Waals surface area (Å²) < 4.78 is -0.0928. The van der Waals surface area contributed by atoms with Crippen LogP contribution in [0.5, 0.6) is 0 Å². The summed E-state index contributed by atoms with van der Waals surface area (Å²) in [6.07, 6.45) is 7.08. The average Bonchev–Trinajstić information content (AvgIpc) is 3.18. The van der Waals surface area contributed by atoms with Crippen molar-refractivity contribution in [3.8, 4) is 0 Å². The minimum Gasteiger partial charge on any atom is -0.477 e. The number of amides is 1. The Bertz CT molecular complexity index is 949. The Kier molecular flexibility index (Phi) is 7.56. The maximum atomic E-state index is 13.5. The smallest absolute Gasteiger partial charge is 0.360 e. The SMILES string of the molecule is CCCCCC[N+]1(CC(=O)O)C=CN=C1NC(=O)C(O)(c1ccccc1)c1ccccc1. The van der Waals surface area contributed by atoms with E-state index in [1.165, 1.54) is 6.20 Å². The molecule has 1 atom stereocenters. The van der Waals surface area contributed by atoms with E-state index in [-0.39, 0.29) is 17.0 Å². The fraction of sp³-hybridized carbons (Fsp3) is 0.320. The van der Waals surface area contributed by atoms with E-state index >= 15 is 0 Å². The molecule has 1 amide bonds. The van der Waals surface area contributed by atoms with Crippen LogP contribution in [0.15, 0.2) is 78.1 Å². The lowest BCUT2D eigenvalue weighted by Gasteiger charge is -2.33. The molecular formula is C25H30N3O4+. The molecule has 0 saturated carbocycles. The number of aliphatic imine (C=N–C) groups is 1. The van der Waals surface area contributed by atoms with Gasteiger partial charge >= 0.3 is 11.9 Å². The van der Waals surface area contributed by atoms with Gasteiger partial charge in [0.15, 0.2) is 12.1 Å². The van der Waals surface area contributed by atoms with Gasteiger partial charge in [-0.2, -0.15) is 4.99 Å². The summed E-state index contributed by atoms with van der Waals surface area (Å²) in [7, 11) is 0. The highest BCUT2D eigenvalue weighted by molar-refractivity contribution is 6.01. The van der Waals surface area contributed by atoms with Gasteiger partial charge in [-0.15, -0.1) is 0 Å². The molecule has 7 heteroatoms. The predicted octanol–water partition coefficient (Wildman–Crippen LogP) is 3.36. The Morgan fingerprint density at radius 2 is 1.56 bits per heavy atom. The van der Waals surface area contributed by atoms with E-state index in [4.69, 9.17) is 0 Å². The molecule has 1 unspecified atom stereocenters. The first-order chi connectivity index (χ1) is 15.4. The summed E-state index contributed by atoms with van der Waals surface area (Å²) in [6.45, 7) is 2.37. The van der Waals surface area contributed by atoms with Crippen molar-refractivity contribution in [2.24, 2.45) is 4.99 Å². The molecule has 0 bridgehead atoms. The number of quaternary nitrogens is 1. The summed E-state index contributed by atoms with van der Waals surface area (Å²) in [5.74, 6) is -1.46. The highest BCUT2D eigenvalue weighted by atomic mass is 16.4. The van der Waals surface area contributed by atoms with Gasteiger partial charge < -0.3 is 10.2 Å². The van der Waals surface area contributed by atoms with Crippen LogP contribution in [0.4, 0.5) is 0 Å². The van der Waals surface area contributed by atoms with Crippen LogP contribution < -0.4 is 5.32 Å². The number of aliphatic carboxylic acids is 1. The zero-order chi connectivity index (χ0) is 23.0. The lowest BCUT2D eigenvalue weighted by molar-refractivity contribution is -0.780. The zero-order valence-electron chi connectivity index (χ0n) is 18.3. The van der Waals surface area contributed by atoms with Crippen LogP contribution in [0.2, 0.25) is 0 Å². The number of carbonyl (C=O) groups excluding carboxylic acids is 1. The highest BCUT2D eigenvalue weighted by Crippen LogP contribution is 2.30. The molecule has 0 radical (unpaired) electrons. The standard InChI is InChI=1S/C25H29N3O4/c1-2-3-4-11-17-28(19-22(29)30)18-16-26-24(28)27-23(31)25(32,20-12-7-5-8-13-20)21-14-9-6-10-15-21/h5-10,12-16,18,32H,2-4,11,17,19H2,1H3,(H-,26,27,29,30,31)/p+1. The van der Waals surface area contributed by atoms with Crippen molar-refractivity contribution < 1.29 is 24.3 Å². The van der Waals surface area contributed by atoms with Crippen molar-refractivity contribution in [3.63, 3.8) is 0 Å². The van der Waals surface area contributed by atoms with E-state index in [1.807, 2.05) is 12.1 Å². The molecule has 3 N–H and O–H groups in total. The molecule has 0 saturated heterocycles. The number of hydrogen-bond donors (Lipinski definition) is 3. The monoisotopic (exact) mass is 436 g/mol. The van der Waals surface area contributed by atoms with Crippen LogP contribution in [-0.4, -0.2) is 45.6 Å². The maximum Gasteiger partial charge on any atom is 0.360 e. The number of rotatable bonds is 10. The second kappa shape index (κ2) is 10.3. The molecule has 0 aromatic heterocycles. The molecule has 168 valence electrons. The van der Waals surface area contributed by atoms with Gasteiger partial charge in [-0.05, 0) is 24.0 Å². The number of nitrogens with one attached hydrogen (secondary N) is 1. The topological polar surface area (TPSA) is 99.0 Å². The summed E-state index contributed by atoms with van der Waals surface area (Å²) in [5.41, 5.74) is -1.14. The number of carbonyl (C=O) groups is 2. The average molecular weight is 437 g/mol. The summed E-state index contributed by atoms with van der Waals surface area (Å²) in [5, 5.41) is 24.0. The van der Waals surface area contributed by atoms with Crippen molar-refractivity contribution in [1.29, 1.82) is 0 Å². The summed E-state index contributed by atoms with van der Waals surface area (Å²) in [4.78, 5) is 29.5. The normalized spacial score (nSPS) is 17.8.